The number of hydrogen-bond donors (Lipinski definition) is 1. The van der Waals surface area contributed by atoms with Crippen LogP contribution in [0.4, 0.5) is 0 Å². The van der Waals surface area contributed by atoms with Gasteiger partial charge < -0.3 is 10.2 Å². The molecule has 0 aliphatic heterocycles. The zero-order valence-electron chi connectivity index (χ0n) is 12.2. The summed E-state index contributed by atoms with van der Waals surface area (Å²) in [5.41, 5.74) is -0.294. The maximum Gasteiger partial charge on any atom is 0.228 e. The molecule has 19 heavy (non-hydrogen) atoms. The third-order valence-corrected chi connectivity index (χ3v) is 5.36. The van der Waals surface area contributed by atoms with Crippen molar-refractivity contribution in [1.82, 2.24) is 10.2 Å². The molecular formula is C15H24N2O2. The minimum absolute atomic E-state index is 0.0504. The van der Waals surface area contributed by atoms with Crippen LogP contribution < -0.4 is 5.32 Å². The molecule has 1 N–H and O–H groups in total. The monoisotopic (exact) mass is 264 g/mol. The second-order valence-electron chi connectivity index (χ2n) is 7.40. The summed E-state index contributed by atoms with van der Waals surface area (Å²) >= 11 is 0. The summed E-state index contributed by atoms with van der Waals surface area (Å²) in [6.45, 7) is 1.60. The fraction of sp³-hybridized carbons (Fsp3) is 0.867. The number of hydrogen-bond acceptors (Lipinski definition) is 2. The molecule has 0 saturated heterocycles. The number of carbonyl (C=O) groups excluding carboxylic acids is 2. The van der Waals surface area contributed by atoms with Gasteiger partial charge in [-0.2, -0.15) is 0 Å². The molecule has 2 amide bonds. The Labute approximate surface area is 114 Å². The van der Waals surface area contributed by atoms with Gasteiger partial charge in [-0.05, 0) is 50.4 Å². The zero-order valence-corrected chi connectivity index (χ0v) is 12.2. The van der Waals surface area contributed by atoms with Crippen molar-refractivity contribution in [2.45, 2.75) is 51.0 Å². The Kier molecular flexibility index (Phi) is 2.70. The average Bonchev–Trinajstić information content (AvgIpc) is 2.23. The summed E-state index contributed by atoms with van der Waals surface area (Å²) in [4.78, 5) is 25.9. The molecule has 4 fully saturated rings. The molecule has 4 aliphatic rings. The SMILES string of the molecule is CC(=O)NC12CC3CC(C1)CC(C(=O)N(C)C)(C3)C2. The second-order valence-corrected chi connectivity index (χ2v) is 7.40. The van der Waals surface area contributed by atoms with Crippen LogP contribution in [0, 0.1) is 17.3 Å². The zero-order chi connectivity index (χ0) is 13.8. The molecule has 2 atom stereocenters. The van der Waals surface area contributed by atoms with Crippen LogP contribution in [0.1, 0.15) is 45.4 Å². The minimum atomic E-state index is -0.198. The van der Waals surface area contributed by atoms with Gasteiger partial charge in [0, 0.05) is 26.6 Å². The van der Waals surface area contributed by atoms with Gasteiger partial charge in [0.05, 0.1) is 5.41 Å². The Hall–Kier alpha value is -1.06. The van der Waals surface area contributed by atoms with E-state index < -0.39 is 0 Å². The first-order valence-electron chi connectivity index (χ1n) is 7.35. The van der Waals surface area contributed by atoms with E-state index in [0.29, 0.717) is 11.8 Å². The second kappa shape index (κ2) is 3.97. The highest BCUT2D eigenvalue weighted by atomic mass is 16.2. The lowest BCUT2D eigenvalue weighted by atomic mass is 9.46. The average molecular weight is 264 g/mol. The number of nitrogens with one attached hydrogen (secondary N) is 1. The van der Waals surface area contributed by atoms with Crippen LogP contribution >= 0.6 is 0 Å². The first-order valence-corrected chi connectivity index (χ1v) is 7.35. The molecule has 4 nitrogen and oxygen atoms in total. The van der Waals surface area contributed by atoms with Crippen LogP contribution in [-0.4, -0.2) is 36.3 Å². The third-order valence-electron chi connectivity index (χ3n) is 5.36. The van der Waals surface area contributed by atoms with Crippen LogP contribution in [0.3, 0.4) is 0 Å². The lowest BCUT2D eigenvalue weighted by Gasteiger charge is -2.61. The van der Waals surface area contributed by atoms with Crippen molar-refractivity contribution in [3.63, 3.8) is 0 Å². The summed E-state index contributed by atoms with van der Waals surface area (Å²) in [6, 6.07) is 0. The van der Waals surface area contributed by atoms with Crippen LogP contribution in [0.15, 0.2) is 0 Å². The van der Waals surface area contributed by atoms with Crippen molar-refractivity contribution in [3.8, 4) is 0 Å². The summed E-state index contributed by atoms with van der Waals surface area (Å²) in [5, 5.41) is 3.20. The van der Waals surface area contributed by atoms with Crippen LogP contribution in [-0.2, 0) is 9.59 Å². The third kappa shape index (κ3) is 1.96. The Morgan fingerprint density at radius 1 is 1.11 bits per heavy atom. The molecule has 0 aromatic rings. The topological polar surface area (TPSA) is 49.4 Å². The van der Waals surface area contributed by atoms with E-state index in [1.807, 2.05) is 14.1 Å². The summed E-state index contributed by atoms with van der Waals surface area (Å²) < 4.78 is 0. The van der Waals surface area contributed by atoms with E-state index in [4.69, 9.17) is 0 Å². The molecule has 4 rings (SSSR count). The van der Waals surface area contributed by atoms with Crippen molar-refractivity contribution in [1.29, 1.82) is 0 Å². The van der Waals surface area contributed by atoms with Gasteiger partial charge in [0.15, 0.2) is 0 Å². The van der Waals surface area contributed by atoms with Crippen molar-refractivity contribution >= 4 is 11.8 Å². The lowest BCUT2D eigenvalue weighted by molar-refractivity contribution is -0.160. The van der Waals surface area contributed by atoms with Crippen LogP contribution in [0.5, 0.6) is 0 Å². The van der Waals surface area contributed by atoms with E-state index in [1.165, 1.54) is 6.42 Å². The van der Waals surface area contributed by atoms with Crippen molar-refractivity contribution in [2.24, 2.45) is 17.3 Å². The van der Waals surface area contributed by atoms with Crippen molar-refractivity contribution in [2.75, 3.05) is 14.1 Å². The van der Waals surface area contributed by atoms with E-state index >= 15 is 0 Å². The molecule has 0 spiro atoms. The molecule has 0 aromatic carbocycles. The maximum absolute atomic E-state index is 12.6. The molecule has 4 saturated carbocycles. The van der Waals surface area contributed by atoms with Crippen molar-refractivity contribution in [3.05, 3.63) is 0 Å². The van der Waals surface area contributed by atoms with Gasteiger partial charge >= 0.3 is 0 Å². The number of nitrogens with zero attached hydrogens (tertiary/aromatic N) is 1. The Morgan fingerprint density at radius 3 is 2.16 bits per heavy atom. The normalized spacial score (nSPS) is 43.1. The highest BCUT2D eigenvalue weighted by molar-refractivity contribution is 5.83. The lowest BCUT2D eigenvalue weighted by Crippen LogP contribution is -2.65. The predicted molar refractivity (Wildman–Crippen MR) is 72.4 cm³/mol. The van der Waals surface area contributed by atoms with Gasteiger partial charge in [-0.25, -0.2) is 0 Å². The molecule has 4 bridgehead atoms. The quantitative estimate of drug-likeness (QED) is 0.822. The minimum Gasteiger partial charge on any atom is -0.351 e. The van der Waals surface area contributed by atoms with E-state index in [-0.39, 0.29) is 22.8 Å². The standard InChI is InChI=1S/C15H24N2O2/c1-10(18)16-15-7-11-4-12(8-15)6-14(5-11,9-15)13(19)17(2)3/h11-12H,4-9H2,1-3H3,(H,16,18). The number of rotatable bonds is 2. The highest BCUT2D eigenvalue weighted by Gasteiger charge is 2.61. The summed E-state index contributed by atoms with van der Waals surface area (Å²) in [6.07, 6.45) is 6.31. The fourth-order valence-corrected chi connectivity index (χ4v) is 5.51. The smallest absolute Gasteiger partial charge is 0.228 e. The maximum atomic E-state index is 12.6. The van der Waals surface area contributed by atoms with Gasteiger partial charge in [-0.15, -0.1) is 0 Å². The van der Waals surface area contributed by atoms with Gasteiger partial charge in [0.2, 0.25) is 11.8 Å². The van der Waals surface area contributed by atoms with Gasteiger partial charge in [-0.1, -0.05) is 0 Å². The summed E-state index contributed by atoms with van der Waals surface area (Å²) in [7, 11) is 3.71. The molecule has 106 valence electrons. The number of carbonyl (C=O) groups is 2. The molecule has 0 heterocycles. The van der Waals surface area contributed by atoms with E-state index in [0.717, 1.165) is 32.1 Å². The largest absolute Gasteiger partial charge is 0.351 e. The highest BCUT2D eigenvalue weighted by Crippen LogP contribution is 2.62. The van der Waals surface area contributed by atoms with Gasteiger partial charge in [0.25, 0.3) is 0 Å². The Bertz CT molecular complexity index is 416. The predicted octanol–water partition coefficient (Wildman–Crippen LogP) is 1.55. The Morgan fingerprint density at radius 2 is 1.68 bits per heavy atom. The molecule has 4 aliphatic carbocycles. The van der Waals surface area contributed by atoms with E-state index in [1.54, 1.807) is 11.8 Å². The molecule has 0 radical (unpaired) electrons. The molecule has 0 aromatic heterocycles. The van der Waals surface area contributed by atoms with Crippen molar-refractivity contribution < 1.29 is 9.59 Å². The first-order chi connectivity index (χ1) is 8.84. The molecule has 4 heteroatoms. The van der Waals surface area contributed by atoms with Crippen LogP contribution in [0.2, 0.25) is 0 Å². The first kappa shape index (κ1) is 12.9. The van der Waals surface area contributed by atoms with E-state index in [9.17, 15) is 9.59 Å². The fourth-order valence-electron chi connectivity index (χ4n) is 5.51. The Balaban J connectivity index is 1.93. The van der Waals surface area contributed by atoms with Gasteiger partial charge in [-0.3, -0.25) is 9.59 Å². The number of amides is 2. The van der Waals surface area contributed by atoms with E-state index in [2.05, 4.69) is 5.32 Å². The molecule has 2 unspecified atom stereocenters. The van der Waals surface area contributed by atoms with Gasteiger partial charge in [0.1, 0.15) is 0 Å². The summed E-state index contributed by atoms with van der Waals surface area (Å²) in [5.74, 6) is 1.57. The van der Waals surface area contributed by atoms with Crippen LogP contribution in [0.25, 0.3) is 0 Å². The molecular weight excluding hydrogens is 240 g/mol.